The van der Waals surface area contributed by atoms with Crippen LogP contribution in [0.25, 0.3) is 0 Å². The summed E-state index contributed by atoms with van der Waals surface area (Å²) in [6.45, 7) is 2.08. The van der Waals surface area contributed by atoms with Crippen LogP contribution in [0.4, 0.5) is 5.69 Å². The van der Waals surface area contributed by atoms with Gasteiger partial charge < -0.3 is 10.4 Å². The van der Waals surface area contributed by atoms with E-state index in [1.54, 1.807) is 35.6 Å². The van der Waals surface area contributed by atoms with Crippen LogP contribution in [0.5, 0.6) is 0 Å². The Balaban J connectivity index is 2.06. The van der Waals surface area contributed by atoms with Crippen molar-refractivity contribution in [3.8, 4) is 0 Å². The van der Waals surface area contributed by atoms with E-state index in [4.69, 9.17) is 5.11 Å². The number of benzene rings is 1. The molecule has 1 atom stereocenters. The van der Waals surface area contributed by atoms with Crippen LogP contribution < -0.4 is 5.32 Å². The molecule has 2 rings (SSSR count). The molecule has 88 valence electrons. The monoisotopic (exact) mass is 247 g/mol. The number of nitrogens with one attached hydrogen (secondary N) is 1. The Morgan fingerprint density at radius 1 is 1.29 bits per heavy atom. The lowest BCUT2D eigenvalue weighted by atomic mass is 10.1. The largest absolute Gasteiger partial charge is 0.478 e. The predicted molar refractivity (Wildman–Crippen MR) is 69.8 cm³/mol. The van der Waals surface area contributed by atoms with Gasteiger partial charge in [-0.05, 0) is 53.6 Å². The highest BCUT2D eigenvalue weighted by Crippen LogP contribution is 2.21. The zero-order valence-corrected chi connectivity index (χ0v) is 10.2. The van der Waals surface area contributed by atoms with Gasteiger partial charge in [0.2, 0.25) is 0 Å². The Bertz CT molecular complexity index is 491. The van der Waals surface area contributed by atoms with Crippen LogP contribution in [0.3, 0.4) is 0 Å². The standard InChI is InChI=1S/C13H13NO2S/c1-9(11-6-7-17-8-11)14-12-4-2-10(3-5-12)13(15)16/h2-9,14H,1H3,(H,15,16). The number of hydrogen-bond donors (Lipinski definition) is 2. The van der Waals surface area contributed by atoms with E-state index < -0.39 is 5.97 Å². The van der Waals surface area contributed by atoms with Crippen LogP contribution in [-0.2, 0) is 0 Å². The van der Waals surface area contributed by atoms with Gasteiger partial charge >= 0.3 is 5.97 Å². The molecule has 0 aliphatic rings. The molecule has 0 fully saturated rings. The fourth-order valence-electron chi connectivity index (χ4n) is 1.56. The number of rotatable bonds is 4. The molecule has 0 bridgehead atoms. The molecule has 4 heteroatoms. The first-order valence-corrected chi connectivity index (χ1v) is 6.23. The molecule has 2 N–H and O–H groups in total. The van der Waals surface area contributed by atoms with Gasteiger partial charge in [0, 0.05) is 11.7 Å². The summed E-state index contributed by atoms with van der Waals surface area (Å²) in [5.74, 6) is -0.901. The summed E-state index contributed by atoms with van der Waals surface area (Å²) < 4.78 is 0. The molecule has 0 saturated heterocycles. The van der Waals surface area contributed by atoms with Crippen molar-refractivity contribution in [1.82, 2.24) is 0 Å². The second kappa shape index (κ2) is 5.01. The molecule has 1 heterocycles. The lowest BCUT2D eigenvalue weighted by molar-refractivity contribution is 0.0697. The van der Waals surface area contributed by atoms with E-state index in [9.17, 15) is 4.79 Å². The van der Waals surface area contributed by atoms with E-state index in [1.165, 1.54) is 5.56 Å². The molecule has 3 nitrogen and oxygen atoms in total. The van der Waals surface area contributed by atoms with Gasteiger partial charge in [-0.2, -0.15) is 11.3 Å². The minimum atomic E-state index is -0.901. The van der Waals surface area contributed by atoms with Crippen LogP contribution in [-0.4, -0.2) is 11.1 Å². The van der Waals surface area contributed by atoms with E-state index in [0.29, 0.717) is 5.56 Å². The molecule has 17 heavy (non-hydrogen) atoms. The van der Waals surface area contributed by atoms with Crippen LogP contribution >= 0.6 is 11.3 Å². The lowest BCUT2D eigenvalue weighted by Crippen LogP contribution is -2.05. The third kappa shape index (κ3) is 2.85. The average Bonchev–Trinajstić information content (AvgIpc) is 2.83. The highest BCUT2D eigenvalue weighted by molar-refractivity contribution is 7.07. The molecule has 0 aliphatic heterocycles. The van der Waals surface area contributed by atoms with Crippen LogP contribution in [0.15, 0.2) is 41.1 Å². The summed E-state index contributed by atoms with van der Waals surface area (Å²) in [6.07, 6.45) is 0. The highest BCUT2D eigenvalue weighted by Gasteiger charge is 2.06. The van der Waals surface area contributed by atoms with Gasteiger partial charge in [0.1, 0.15) is 0 Å². The van der Waals surface area contributed by atoms with Crippen LogP contribution in [0.1, 0.15) is 28.9 Å². The smallest absolute Gasteiger partial charge is 0.335 e. The van der Waals surface area contributed by atoms with Crippen molar-refractivity contribution in [2.75, 3.05) is 5.32 Å². The average molecular weight is 247 g/mol. The van der Waals surface area contributed by atoms with Gasteiger partial charge in [-0.25, -0.2) is 4.79 Å². The Kier molecular flexibility index (Phi) is 3.44. The summed E-state index contributed by atoms with van der Waals surface area (Å²) >= 11 is 1.67. The molecule has 0 aliphatic carbocycles. The molecular formula is C13H13NO2S. The normalized spacial score (nSPS) is 12.1. The number of carboxylic acids is 1. The molecule has 1 aromatic heterocycles. The molecule has 0 amide bonds. The molecular weight excluding hydrogens is 234 g/mol. The maximum Gasteiger partial charge on any atom is 0.335 e. The van der Waals surface area contributed by atoms with Crippen molar-refractivity contribution in [2.45, 2.75) is 13.0 Å². The van der Waals surface area contributed by atoms with Gasteiger partial charge in [-0.15, -0.1) is 0 Å². The quantitative estimate of drug-likeness (QED) is 0.867. The Morgan fingerprint density at radius 2 is 2.00 bits per heavy atom. The van der Waals surface area contributed by atoms with Crippen molar-refractivity contribution in [3.05, 3.63) is 52.2 Å². The third-order valence-electron chi connectivity index (χ3n) is 2.56. The molecule has 0 spiro atoms. The summed E-state index contributed by atoms with van der Waals surface area (Å²) in [7, 11) is 0. The van der Waals surface area contributed by atoms with Gasteiger partial charge in [-0.1, -0.05) is 0 Å². The van der Waals surface area contributed by atoms with E-state index >= 15 is 0 Å². The fourth-order valence-corrected chi connectivity index (χ4v) is 2.32. The number of aromatic carboxylic acids is 1. The van der Waals surface area contributed by atoms with Crippen molar-refractivity contribution < 1.29 is 9.90 Å². The molecule has 0 saturated carbocycles. The number of thiophene rings is 1. The van der Waals surface area contributed by atoms with Crippen LogP contribution in [0.2, 0.25) is 0 Å². The first-order valence-electron chi connectivity index (χ1n) is 5.29. The van der Waals surface area contributed by atoms with Gasteiger partial charge in [0.15, 0.2) is 0 Å². The minimum absolute atomic E-state index is 0.219. The second-order valence-electron chi connectivity index (χ2n) is 3.81. The zero-order chi connectivity index (χ0) is 12.3. The summed E-state index contributed by atoms with van der Waals surface area (Å²) in [5.41, 5.74) is 2.46. The maximum atomic E-state index is 10.7. The number of hydrogen-bond acceptors (Lipinski definition) is 3. The van der Waals surface area contributed by atoms with Crippen molar-refractivity contribution in [2.24, 2.45) is 0 Å². The topological polar surface area (TPSA) is 49.3 Å². The number of carboxylic acid groups (broad SMARTS) is 1. The predicted octanol–water partition coefficient (Wildman–Crippen LogP) is 3.62. The van der Waals surface area contributed by atoms with Crippen molar-refractivity contribution >= 4 is 23.0 Å². The Labute approximate surface area is 104 Å². The number of anilines is 1. The minimum Gasteiger partial charge on any atom is -0.478 e. The van der Waals surface area contributed by atoms with E-state index in [2.05, 4.69) is 23.7 Å². The summed E-state index contributed by atoms with van der Waals surface area (Å²) in [5, 5.41) is 16.3. The first kappa shape index (κ1) is 11.7. The SMILES string of the molecule is CC(Nc1ccc(C(=O)O)cc1)c1ccsc1. The zero-order valence-electron chi connectivity index (χ0n) is 9.38. The number of carbonyl (C=O) groups is 1. The van der Waals surface area contributed by atoms with Crippen molar-refractivity contribution in [3.63, 3.8) is 0 Å². The van der Waals surface area contributed by atoms with E-state index in [-0.39, 0.29) is 6.04 Å². The van der Waals surface area contributed by atoms with Gasteiger partial charge in [0.25, 0.3) is 0 Å². The van der Waals surface area contributed by atoms with E-state index in [0.717, 1.165) is 5.69 Å². The molecule has 1 aromatic carbocycles. The first-order chi connectivity index (χ1) is 8.16. The van der Waals surface area contributed by atoms with Crippen LogP contribution in [0, 0.1) is 0 Å². The molecule has 2 aromatic rings. The van der Waals surface area contributed by atoms with Gasteiger partial charge in [-0.3, -0.25) is 0 Å². The lowest BCUT2D eigenvalue weighted by Gasteiger charge is -2.14. The van der Waals surface area contributed by atoms with Gasteiger partial charge in [0.05, 0.1) is 5.56 Å². The second-order valence-corrected chi connectivity index (χ2v) is 4.59. The highest BCUT2D eigenvalue weighted by atomic mass is 32.1. The molecule has 1 unspecified atom stereocenters. The Hall–Kier alpha value is -1.81. The summed E-state index contributed by atoms with van der Waals surface area (Å²) in [6, 6.07) is 9.07. The fraction of sp³-hybridized carbons (Fsp3) is 0.154. The Morgan fingerprint density at radius 3 is 2.53 bits per heavy atom. The van der Waals surface area contributed by atoms with E-state index in [1.807, 2.05) is 5.38 Å². The third-order valence-corrected chi connectivity index (χ3v) is 3.26. The summed E-state index contributed by atoms with van der Waals surface area (Å²) in [4.78, 5) is 10.7. The van der Waals surface area contributed by atoms with Crippen molar-refractivity contribution in [1.29, 1.82) is 0 Å². The molecule has 0 radical (unpaired) electrons. The maximum absolute atomic E-state index is 10.7.